The minimum Gasteiger partial charge on any atom is -0.444 e. The summed E-state index contributed by atoms with van der Waals surface area (Å²) < 4.78 is 6.24. The maximum atomic E-state index is 12.0. The first kappa shape index (κ1) is 18.3. The summed E-state index contributed by atoms with van der Waals surface area (Å²) in [6.45, 7) is 6.03. The fourth-order valence-corrected chi connectivity index (χ4v) is 2.42. The minimum absolute atomic E-state index is 0.470. The molecule has 24 heavy (non-hydrogen) atoms. The molecule has 0 aliphatic rings. The van der Waals surface area contributed by atoms with E-state index in [4.69, 9.17) is 4.74 Å². The SMILES string of the molecule is CC(C)(C)OC(=O)Nc1ccc(Br)cc1CNNc1ccccc1. The van der Waals surface area contributed by atoms with Crippen molar-refractivity contribution >= 4 is 33.4 Å². The highest BCUT2D eigenvalue weighted by atomic mass is 79.9. The lowest BCUT2D eigenvalue weighted by Gasteiger charge is -2.20. The Kier molecular flexibility index (Phi) is 6.23. The molecule has 2 rings (SSSR count). The normalized spacial score (nSPS) is 11.0. The van der Waals surface area contributed by atoms with Crippen LogP contribution in [0.5, 0.6) is 0 Å². The van der Waals surface area contributed by atoms with Gasteiger partial charge in [0.2, 0.25) is 0 Å². The lowest BCUT2D eigenvalue weighted by atomic mass is 10.2. The zero-order valence-corrected chi connectivity index (χ0v) is 15.6. The van der Waals surface area contributed by atoms with Crippen molar-refractivity contribution in [1.29, 1.82) is 0 Å². The Morgan fingerprint density at radius 1 is 1.12 bits per heavy atom. The number of rotatable bonds is 5. The number of carbonyl (C=O) groups is 1. The molecule has 2 aromatic rings. The van der Waals surface area contributed by atoms with Gasteiger partial charge in [-0.2, -0.15) is 0 Å². The number of hydrogen-bond donors (Lipinski definition) is 3. The van der Waals surface area contributed by atoms with Gasteiger partial charge >= 0.3 is 6.09 Å². The van der Waals surface area contributed by atoms with E-state index in [0.717, 1.165) is 15.7 Å². The third kappa shape index (κ3) is 6.22. The zero-order valence-electron chi connectivity index (χ0n) is 14.0. The van der Waals surface area contributed by atoms with Crippen molar-refractivity contribution in [1.82, 2.24) is 5.43 Å². The fraction of sp³-hybridized carbons (Fsp3) is 0.278. The molecular weight excluding hydrogens is 370 g/mol. The number of benzene rings is 2. The van der Waals surface area contributed by atoms with E-state index in [2.05, 4.69) is 32.1 Å². The molecule has 6 heteroatoms. The van der Waals surface area contributed by atoms with E-state index in [1.807, 2.05) is 69.3 Å². The number of anilines is 2. The Bertz CT molecular complexity index is 684. The van der Waals surface area contributed by atoms with Gasteiger partial charge in [0.15, 0.2) is 0 Å². The predicted octanol–water partition coefficient (Wildman–Crippen LogP) is 4.91. The first-order chi connectivity index (χ1) is 11.3. The van der Waals surface area contributed by atoms with Gasteiger partial charge in [0.05, 0.1) is 0 Å². The number of amides is 1. The lowest BCUT2D eigenvalue weighted by molar-refractivity contribution is 0.0636. The van der Waals surface area contributed by atoms with E-state index in [9.17, 15) is 4.79 Å². The van der Waals surface area contributed by atoms with Gasteiger partial charge in [-0.25, -0.2) is 10.2 Å². The molecule has 0 fully saturated rings. The summed E-state index contributed by atoms with van der Waals surface area (Å²) in [6.07, 6.45) is -0.470. The maximum absolute atomic E-state index is 12.0. The van der Waals surface area contributed by atoms with Crippen LogP contribution in [0.1, 0.15) is 26.3 Å². The average Bonchev–Trinajstić information content (AvgIpc) is 2.49. The summed E-state index contributed by atoms with van der Waals surface area (Å²) in [5.41, 5.74) is 8.33. The van der Waals surface area contributed by atoms with Crippen LogP contribution in [0, 0.1) is 0 Å². The van der Waals surface area contributed by atoms with E-state index in [0.29, 0.717) is 12.2 Å². The molecule has 0 spiro atoms. The molecule has 0 atom stereocenters. The quantitative estimate of drug-likeness (QED) is 0.633. The standard InChI is InChI=1S/C18H22BrN3O2/c1-18(2,3)24-17(23)21-16-10-9-14(19)11-13(16)12-20-22-15-7-5-4-6-8-15/h4-11,20,22H,12H2,1-3H3,(H,21,23). The van der Waals surface area contributed by atoms with Crippen LogP contribution in [0.25, 0.3) is 0 Å². The van der Waals surface area contributed by atoms with Crippen molar-refractivity contribution in [3.8, 4) is 0 Å². The largest absolute Gasteiger partial charge is 0.444 e. The number of halogens is 1. The van der Waals surface area contributed by atoms with Gasteiger partial charge in [0, 0.05) is 22.4 Å². The van der Waals surface area contributed by atoms with Crippen molar-refractivity contribution in [2.75, 3.05) is 10.7 Å². The first-order valence-electron chi connectivity index (χ1n) is 7.66. The fourth-order valence-electron chi connectivity index (χ4n) is 2.01. The summed E-state index contributed by atoms with van der Waals surface area (Å²) in [7, 11) is 0. The molecule has 5 nitrogen and oxygen atoms in total. The number of nitrogens with one attached hydrogen (secondary N) is 3. The maximum Gasteiger partial charge on any atom is 0.412 e. The molecule has 2 aromatic carbocycles. The summed E-state index contributed by atoms with van der Waals surface area (Å²) in [5, 5.41) is 2.79. The van der Waals surface area contributed by atoms with Crippen LogP contribution in [0.15, 0.2) is 53.0 Å². The number of hydrogen-bond acceptors (Lipinski definition) is 4. The molecule has 0 saturated carbocycles. The van der Waals surface area contributed by atoms with Gasteiger partial charge in [0.25, 0.3) is 0 Å². The third-order valence-corrected chi connectivity index (χ3v) is 3.48. The van der Waals surface area contributed by atoms with E-state index < -0.39 is 11.7 Å². The van der Waals surface area contributed by atoms with Gasteiger partial charge in [0.1, 0.15) is 5.60 Å². The van der Waals surface area contributed by atoms with Crippen molar-refractivity contribution in [2.24, 2.45) is 0 Å². The molecule has 0 aliphatic carbocycles. The molecule has 0 aromatic heterocycles. The topological polar surface area (TPSA) is 62.4 Å². The van der Waals surface area contributed by atoms with Crippen LogP contribution in [0.4, 0.5) is 16.2 Å². The molecule has 0 unspecified atom stereocenters. The number of carbonyl (C=O) groups excluding carboxylic acids is 1. The third-order valence-electron chi connectivity index (χ3n) is 2.99. The number of ether oxygens (including phenoxy) is 1. The van der Waals surface area contributed by atoms with Crippen LogP contribution in [0.2, 0.25) is 0 Å². The van der Waals surface area contributed by atoms with E-state index >= 15 is 0 Å². The highest BCUT2D eigenvalue weighted by Crippen LogP contribution is 2.22. The minimum atomic E-state index is -0.535. The predicted molar refractivity (Wildman–Crippen MR) is 101 cm³/mol. The Hall–Kier alpha value is -2.05. The number of para-hydroxylation sites is 1. The van der Waals surface area contributed by atoms with Crippen LogP contribution in [-0.2, 0) is 11.3 Å². The van der Waals surface area contributed by atoms with E-state index in [1.165, 1.54) is 0 Å². The average molecular weight is 392 g/mol. The zero-order chi connectivity index (χ0) is 17.6. The molecule has 0 aliphatic heterocycles. The van der Waals surface area contributed by atoms with Crippen molar-refractivity contribution < 1.29 is 9.53 Å². The monoisotopic (exact) mass is 391 g/mol. The van der Waals surface area contributed by atoms with Crippen LogP contribution in [0.3, 0.4) is 0 Å². The highest BCUT2D eigenvalue weighted by molar-refractivity contribution is 9.10. The van der Waals surface area contributed by atoms with E-state index in [-0.39, 0.29) is 0 Å². The Morgan fingerprint density at radius 3 is 2.50 bits per heavy atom. The Labute approximate surface area is 150 Å². The molecule has 1 amide bonds. The molecule has 0 radical (unpaired) electrons. The smallest absolute Gasteiger partial charge is 0.412 e. The van der Waals surface area contributed by atoms with E-state index in [1.54, 1.807) is 0 Å². The molecule has 0 saturated heterocycles. The Morgan fingerprint density at radius 2 is 1.83 bits per heavy atom. The van der Waals surface area contributed by atoms with Crippen molar-refractivity contribution in [3.63, 3.8) is 0 Å². The van der Waals surface area contributed by atoms with Crippen LogP contribution >= 0.6 is 15.9 Å². The molecular formula is C18H22BrN3O2. The summed E-state index contributed by atoms with van der Waals surface area (Å²) in [6, 6.07) is 15.5. The molecule has 3 N–H and O–H groups in total. The second-order valence-corrected chi connectivity index (χ2v) is 7.19. The van der Waals surface area contributed by atoms with Gasteiger partial charge in [-0.3, -0.25) is 5.32 Å². The van der Waals surface area contributed by atoms with Crippen LogP contribution < -0.4 is 16.2 Å². The summed E-state index contributed by atoms with van der Waals surface area (Å²) >= 11 is 3.46. The lowest BCUT2D eigenvalue weighted by Crippen LogP contribution is -2.28. The van der Waals surface area contributed by atoms with Gasteiger partial charge in [-0.1, -0.05) is 34.1 Å². The molecule has 0 heterocycles. The second kappa shape index (κ2) is 8.17. The highest BCUT2D eigenvalue weighted by Gasteiger charge is 2.17. The summed E-state index contributed by atoms with van der Waals surface area (Å²) in [4.78, 5) is 12.0. The van der Waals surface area contributed by atoms with Crippen LogP contribution in [-0.4, -0.2) is 11.7 Å². The Balaban J connectivity index is 2.00. The van der Waals surface area contributed by atoms with Gasteiger partial charge < -0.3 is 10.2 Å². The van der Waals surface area contributed by atoms with Crippen molar-refractivity contribution in [2.45, 2.75) is 32.9 Å². The number of hydrazine groups is 1. The van der Waals surface area contributed by atoms with Gasteiger partial charge in [-0.05, 0) is 56.7 Å². The summed E-state index contributed by atoms with van der Waals surface area (Å²) in [5.74, 6) is 0. The van der Waals surface area contributed by atoms with Crippen molar-refractivity contribution in [3.05, 3.63) is 58.6 Å². The first-order valence-corrected chi connectivity index (χ1v) is 8.45. The van der Waals surface area contributed by atoms with Gasteiger partial charge in [-0.15, -0.1) is 0 Å². The molecule has 0 bridgehead atoms. The second-order valence-electron chi connectivity index (χ2n) is 6.27. The molecule has 128 valence electrons.